The van der Waals surface area contributed by atoms with Gasteiger partial charge in [-0.1, -0.05) is 55.9 Å². The van der Waals surface area contributed by atoms with E-state index in [0.29, 0.717) is 10.8 Å². The van der Waals surface area contributed by atoms with Crippen LogP contribution in [0.2, 0.25) is 0 Å². The molecule has 0 spiro atoms. The van der Waals surface area contributed by atoms with Crippen LogP contribution >= 0.6 is 12.2 Å². The van der Waals surface area contributed by atoms with Crippen LogP contribution in [-0.2, 0) is 11.3 Å². The van der Waals surface area contributed by atoms with E-state index in [9.17, 15) is 4.79 Å². The molecular weight excluding hydrogens is 344 g/mol. The predicted molar refractivity (Wildman–Crippen MR) is 106 cm³/mol. The second-order valence-electron chi connectivity index (χ2n) is 7.31. The minimum absolute atomic E-state index is 0.0991. The van der Waals surface area contributed by atoms with Gasteiger partial charge in [0.15, 0.2) is 10.6 Å². The zero-order chi connectivity index (χ0) is 18.5. The van der Waals surface area contributed by atoms with Gasteiger partial charge in [0.25, 0.3) is 0 Å². The lowest BCUT2D eigenvalue weighted by Crippen LogP contribution is -2.39. The molecule has 1 heterocycles. The summed E-state index contributed by atoms with van der Waals surface area (Å²) in [7, 11) is 1.94. The molecule has 0 atom stereocenters. The van der Waals surface area contributed by atoms with Crippen LogP contribution in [0.3, 0.4) is 0 Å². The SMILES string of the molecule is Cc1cccc(-c2n[nH]c(=S)n2CC(=O)N(C)C2CCCCCCC2)c1. The van der Waals surface area contributed by atoms with Crippen LogP contribution in [0, 0.1) is 11.7 Å². The molecule has 1 aliphatic rings. The van der Waals surface area contributed by atoms with E-state index in [4.69, 9.17) is 12.2 Å². The van der Waals surface area contributed by atoms with Crippen molar-refractivity contribution >= 4 is 18.1 Å². The Bertz CT molecular complexity index is 802. The molecular formula is C20H28N4OS. The lowest BCUT2D eigenvalue weighted by molar-refractivity contribution is -0.133. The van der Waals surface area contributed by atoms with Crippen LogP contribution in [-0.4, -0.2) is 38.7 Å². The number of aryl methyl sites for hydroxylation is 1. The molecule has 0 unspecified atom stereocenters. The van der Waals surface area contributed by atoms with E-state index in [1.54, 1.807) is 0 Å². The van der Waals surface area contributed by atoms with Crippen LogP contribution in [0.15, 0.2) is 24.3 Å². The van der Waals surface area contributed by atoms with E-state index in [0.717, 1.165) is 29.8 Å². The highest BCUT2D eigenvalue weighted by atomic mass is 32.1. The molecule has 1 saturated carbocycles. The van der Waals surface area contributed by atoms with Crippen LogP contribution < -0.4 is 0 Å². The van der Waals surface area contributed by atoms with Gasteiger partial charge in [-0.2, -0.15) is 5.10 Å². The van der Waals surface area contributed by atoms with E-state index >= 15 is 0 Å². The maximum atomic E-state index is 12.9. The molecule has 0 radical (unpaired) electrons. The minimum Gasteiger partial charge on any atom is -0.341 e. The maximum absolute atomic E-state index is 12.9. The Balaban J connectivity index is 1.77. The molecule has 0 bridgehead atoms. The first-order valence-corrected chi connectivity index (χ1v) is 9.95. The van der Waals surface area contributed by atoms with Crippen molar-refractivity contribution in [3.63, 3.8) is 0 Å². The van der Waals surface area contributed by atoms with Crippen molar-refractivity contribution in [2.24, 2.45) is 0 Å². The Kier molecular flexibility index (Phi) is 6.25. The molecule has 3 rings (SSSR count). The first-order chi connectivity index (χ1) is 12.6. The number of nitrogens with zero attached hydrogens (tertiary/aromatic N) is 3. The molecule has 0 saturated heterocycles. The van der Waals surface area contributed by atoms with Gasteiger partial charge < -0.3 is 4.90 Å². The van der Waals surface area contributed by atoms with Gasteiger partial charge in [0, 0.05) is 18.7 Å². The average Bonchev–Trinajstić information content (AvgIpc) is 2.95. The summed E-state index contributed by atoms with van der Waals surface area (Å²) in [5.41, 5.74) is 2.12. The molecule has 1 fully saturated rings. The number of carbonyl (C=O) groups is 1. The van der Waals surface area contributed by atoms with Crippen molar-refractivity contribution in [3.05, 3.63) is 34.6 Å². The minimum atomic E-state index is 0.0991. The fourth-order valence-electron chi connectivity index (χ4n) is 3.74. The maximum Gasteiger partial charge on any atom is 0.242 e. The van der Waals surface area contributed by atoms with Gasteiger partial charge in [-0.05, 0) is 38.0 Å². The lowest BCUT2D eigenvalue weighted by Gasteiger charge is -2.30. The van der Waals surface area contributed by atoms with Crippen LogP contribution in [0.5, 0.6) is 0 Å². The third kappa shape index (κ3) is 4.41. The first kappa shape index (κ1) is 18.8. The summed E-state index contributed by atoms with van der Waals surface area (Å²) in [6.45, 7) is 2.27. The highest BCUT2D eigenvalue weighted by Crippen LogP contribution is 2.22. The van der Waals surface area contributed by atoms with E-state index in [1.165, 1.54) is 32.1 Å². The number of rotatable bonds is 4. The summed E-state index contributed by atoms with van der Waals surface area (Å²) in [5.74, 6) is 0.820. The average molecular weight is 373 g/mol. The first-order valence-electron chi connectivity index (χ1n) is 9.54. The predicted octanol–water partition coefficient (Wildman–Crippen LogP) is 4.49. The molecule has 0 aliphatic heterocycles. The molecule has 5 nitrogen and oxygen atoms in total. The Labute approximate surface area is 160 Å². The highest BCUT2D eigenvalue weighted by molar-refractivity contribution is 7.71. The van der Waals surface area contributed by atoms with Gasteiger partial charge in [-0.15, -0.1) is 0 Å². The van der Waals surface area contributed by atoms with E-state index in [-0.39, 0.29) is 12.5 Å². The molecule has 2 aromatic rings. The number of likely N-dealkylation sites (N-methyl/N-ethyl adjacent to an activating group) is 1. The standard InChI is InChI=1S/C20H28N4OS/c1-15-9-8-10-16(13-15)19-21-22-20(26)24(19)14-18(25)23(2)17-11-6-4-3-5-7-12-17/h8-10,13,17H,3-7,11-12,14H2,1-2H3,(H,22,26). The zero-order valence-electron chi connectivity index (χ0n) is 15.7. The second-order valence-corrected chi connectivity index (χ2v) is 7.70. The number of H-pyrrole nitrogens is 1. The summed E-state index contributed by atoms with van der Waals surface area (Å²) in [6, 6.07) is 8.44. The van der Waals surface area contributed by atoms with Crippen molar-refractivity contribution in [2.45, 2.75) is 64.5 Å². The molecule has 140 valence electrons. The lowest BCUT2D eigenvalue weighted by atomic mass is 9.96. The molecule has 1 N–H and O–H groups in total. The number of hydrogen-bond acceptors (Lipinski definition) is 3. The molecule has 6 heteroatoms. The van der Waals surface area contributed by atoms with Gasteiger partial charge in [0.2, 0.25) is 5.91 Å². The Morgan fingerprint density at radius 2 is 1.96 bits per heavy atom. The molecule has 1 amide bonds. The van der Waals surface area contributed by atoms with Crippen LogP contribution in [0.25, 0.3) is 11.4 Å². The summed E-state index contributed by atoms with van der Waals surface area (Å²) in [4.78, 5) is 14.9. The number of hydrogen-bond donors (Lipinski definition) is 1. The Hall–Kier alpha value is -1.95. The topological polar surface area (TPSA) is 53.9 Å². The van der Waals surface area contributed by atoms with E-state index in [2.05, 4.69) is 16.3 Å². The van der Waals surface area contributed by atoms with Crippen molar-refractivity contribution in [3.8, 4) is 11.4 Å². The number of benzene rings is 1. The van der Waals surface area contributed by atoms with Crippen LogP contribution in [0.4, 0.5) is 0 Å². The summed E-state index contributed by atoms with van der Waals surface area (Å²) in [6.07, 6.45) is 8.51. The fourth-order valence-corrected chi connectivity index (χ4v) is 3.94. The summed E-state index contributed by atoms with van der Waals surface area (Å²) in [5, 5.41) is 7.20. The highest BCUT2D eigenvalue weighted by Gasteiger charge is 2.22. The Morgan fingerprint density at radius 1 is 1.27 bits per heavy atom. The molecule has 1 aliphatic carbocycles. The van der Waals surface area contributed by atoms with Crippen molar-refractivity contribution in [2.75, 3.05) is 7.05 Å². The monoisotopic (exact) mass is 372 g/mol. The quantitative estimate of drug-likeness (QED) is 0.805. The third-order valence-corrected chi connectivity index (χ3v) is 5.66. The molecule has 1 aromatic heterocycles. The van der Waals surface area contributed by atoms with Crippen molar-refractivity contribution in [1.29, 1.82) is 0 Å². The number of carbonyl (C=O) groups excluding carboxylic acids is 1. The second kappa shape index (κ2) is 8.62. The van der Waals surface area contributed by atoms with Gasteiger partial charge >= 0.3 is 0 Å². The zero-order valence-corrected chi connectivity index (χ0v) is 16.5. The fraction of sp³-hybridized carbons (Fsp3) is 0.550. The number of nitrogens with one attached hydrogen (secondary N) is 1. The van der Waals surface area contributed by atoms with E-state index in [1.807, 2.05) is 41.6 Å². The Morgan fingerprint density at radius 3 is 2.65 bits per heavy atom. The van der Waals surface area contributed by atoms with Crippen LogP contribution in [0.1, 0.15) is 50.5 Å². The summed E-state index contributed by atoms with van der Waals surface area (Å²) >= 11 is 5.38. The number of amides is 1. The molecule has 26 heavy (non-hydrogen) atoms. The normalized spacial score (nSPS) is 16.1. The van der Waals surface area contributed by atoms with Gasteiger partial charge in [0.05, 0.1) is 0 Å². The van der Waals surface area contributed by atoms with Gasteiger partial charge in [0.1, 0.15) is 6.54 Å². The molecule has 1 aromatic carbocycles. The van der Waals surface area contributed by atoms with Crippen molar-refractivity contribution < 1.29 is 4.79 Å². The van der Waals surface area contributed by atoms with Crippen molar-refractivity contribution in [1.82, 2.24) is 19.7 Å². The smallest absolute Gasteiger partial charge is 0.242 e. The third-order valence-electron chi connectivity index (χ3n) is 5.34. The summed E-state index contributed by atoms with van der Waals surface area (Å²) < 4.78 is 2.30. The van der Waals surface area contributed by atoms with E-state index < -0.39 is 0 Å². The van der Waals surface area contributed by atoms with Gasteiger partial charge in [-0.3, -0.25) is 14.5 Å². The number of aromatic nitrogens is 3. The largest absolute Gasteiger partial charge is 0.341 e. The van der Waals surface area contributed by atoms with Gasteiger partial charge in [-0.25, -0.2) is 0 Å². The number of aromatic amines is 1.